The minimum atomic E-state index is -0.769. The summed E-state index contributed by atoms with van der Waals surface area (Å²) in [7, 11) is 0. The average Bonchev–Trinajstić information content (AvgIpc) is 3.00. The Kier molecular flexibility index (Phi) is 5.07. The van der Waals surface area contributed by atoms with Crippen molar-refractivity contribution >= 4 is 29.4 Å². The molecule has 0 saturated carbocycles. The van der Waals surface area contributed by atoms with Crippen LogP contribution in [0.5, 0.6) is 5.75 Å². The fourth-order valence-electron chi connectivity index (χ4n) is 1.88. The van der Waals surface area contributed by atoms with Gasteiger partial charge >= 0.3 is 5.69 Å². The van der Waals surface area contributed by atoms with Gasteiger partial charge in [0.2, 0.25) is 5.75 Å². The molecule has 0 unspecified atom stereocenters. The van der Waals surface area contributed by atoms with E-state index in [2.05, 4.69) is 20.7 Å². The molecule has 2 rings (SSSR count). The Morgan fingerprint density at radius 1 is 1.44 bits per heavy atom. The lowest BCUT2D eigenvalue weighted by atomic mass is 9.92. The minimum Gasteiger partial charge on any atom is -0.502 e. The number of H-pyrrole nitrogens is 1. The Bertz CT molecular complexity index is 854. The van der Waals surface area contributed by atoms with Crippen molar-refractivity contribution in [1.82, 2.24) is 15.6 Å². The van der Waals surface area contributed by atoms with E-state index in [0.29, 0.717) is 0 Å². The van der Waals surface area contributed by atoms with Crippen molar-refractivity contribution in [3.05, 3.63) is 50.3 Å². The summed E-state index contributed by atoms with van der Waals surface area (Å²) in [5.41, 5.74) is 2.41. The quantitative estimate of drug-likeness (QED) is 0.435. The molecule has 1 aromatic heterocycles. The highest BCUT2D eigenvalue weighted by molar-refractivity contribution is 6.31. The summed E-state index contributed by atoms with van der Waals surface area (Å²) in [6, 6.07) is 3.91. The van der Waals surface area contributed by atoms with Crippen LogP contribution in [-0.4, -0.2) is 32.3 Å². The second-order valence-corrected chi connectivity index (χ2v) is 6.67. The molecular formula is C15H16ClN5O4. The number of aromatic amines is 1. The molecule has 3 N–H and O–H groups in total. The van der Waals surface area contributed by atoms with Crippen LogP contribution < -0.4 is 5.43 Å². The maximum atomic E-state index is 12.0. The SMILES string of the molecule is CC(C)(C)c1cc(C(=O)NN=Cc2cc(Cl)cc([N+](=O)[O-])c2O)n[nH]1. The standard InChI is InChI=1S/C15H16ClN5O4/c1-15(2,3)12-6-10(18-19-12)14(23)20-17-7-8-4-9(16)5-11(13(8)22)21(24)25/h4-7,22H,1-3H3,(H,18,19)(H,20,23). The summed E-state index contributed by atoms with van der Waals surface area (Å²) in [6.45, 7) is 5.90. The van der Waals surface area contributed by atoms with Gasteiger partial charge in [-0.25, -0.2) is 5.43 Å². The van der Waals surface area contributed by atoms with Gasteiger partial charge in [-0.15, -0.1) is 0 Å². The fourth-order valence-corrected chi connectivity index (χ4v) is 2.10. The number of benzene rings is 1. The molecule has 0 spiro atoms. The third-order valence-electron chi connectivity index (χ3n) is 3.27. The van der Waals surface area contributed by atoms with Crippen molar-refractivity contribution in [2.24, 2.45) is 5.10 Å². The number of hydrogen-bond acceptors (Lipinski definition) is 6. The lowest BCUT2D eigenvalue weighted by Gasteiger charge is -2.14. The number of nitrogens with one attached hydrogen (secondary N) is 2. The Morgan fingerprint density at radius 3 is 2.68 bits per heavy atom. The molecule has 1 amide bonds. The van der Waals surface area contributed by atoms with E-state index in [-0.39, 0.29) is 21.7 Å². The van der Waals surface area contributed by atoms with Gasteiger partial charge in [0.15, 0.2) is 5.69 Å². The van der Waals surface area contributed by atoms with Crippen molar-refractivity contribution < 1.29 is 14.8 Å². The zero-order valence-electron chi connectivity index (χ0n) is 13.7. The molecule has 25 heavy (non-hydrogen) atoms. The molecule has 1 heterocycles. The molecule has 1 aromatic carbocycles. The summed E-state index contributed by atoms with van der Waals surface area (Å²) in [6.07, 6.45) is 1.06. The highest BCUT2D eigenvalue weighted by Gasteiger charge is 2.20. The molecule has 0 atom stereocenters. The molecule has 0 aliphatic rings. The van der Waals surface area contributed by atoms with Gasteiger partial charge in [0, 0.05) is 27.8 Å². The predicted octanol–water partition coefficient (Wildman–Crippen LogP) is 2.74. The molecule has 0 fully saturated rings. The normalized spacial score (nSPS) is 11.7. The molecule has 10 heteroatoms. The molecule has 132 valence electrons. The molecule has 0 aliphatic heterocycles. The van der Waals surface area contributed by atoms with E-state index in [1.54, 1.807) is 6.07 Å². The Morgan fingerprint density at radius 2 is 2.12 bits per heavy atom. The molecule has 2 aromatic rings. The highest BCUT2D eigenvalue weighted by atomic mass is 35.5. The third-order valence-corrected chi connectivity index (χ3v) is 3.49. The van der Waals surface area contributed by atoms with Gasteiger partial charge in [-0.3, -0.25) is 20.0 Å². The summed E-state index contributed by atoms with van der Waals surface area (Å²) in [5, 5.41) is 31.1. The van der Waals surface area contributed by atoms with E-state index >= 15 is 0 Å². The number of nitro benzene ring substituents is 1. The number of aromatic hydroxyl groups is 1. The van der Waals surface area contributed by atoms with Crippen LogP contribution in [0.15, 0.2) is 23.3 Å². The minimum absolute atomic E-state index is 0.00286. The number of rotatable bonds is 4. The number of phenolic OH excluding ortho intramolecular Hbond substituents is 1. The van der Waals surface area contributed by atoms with Gasteiger partial charge in [-0.2, -0.15) is 10.2 Å². The van der Waals surface area contributed by atoms with E-state index in [9.17, 15) is 20.0 Å². The average molecular weight is 366 g/mol. The number of aromatic nitrogens is 2. The number of phenols is 1. The van der Waals surface area contributed by atoms with Gasteiger partial charge in [-0.05, 0) is 12.1 Å². The first kappa shape index (κ1) is 18.4. The monoisotopic (exact) mass is 365 g/mol. The second kappa shape index (κ2) is 6.89. The van der Waals surface area contributed by atoms with Crippen LogP contribution in [0.1, 0.15) is 42.5 Å². The summed E-state index contributed by atoms with van der Waals surface area (Å²) < 4.78 is 0. The van der Waals surface area contributed by atoms with Crippen LogP contribution in [0.3, 0.4) is 0 Å². The molecule has 0 bridgehead atoms. The zero-order chi connectivity index (χ0) is 18.8. The maximum absolute atomic E-state index is 12.0. The number of carbonyl (C=O) groups excluding carboxylic acids is 1. The second-order valence-electron chi connectivity index (χ2n) is 6.24. The third kappa shape index (κ3) is 4.32. The van der Waals surface area contributed by atoms with Crippen molar-refractivity contribution in [2.75, 3.05) is 0 Å². The molecule has 9 nitrogen and oxygen atoms in total. The van der Waals surface area contributed by atoms with Crippen LogP contribution in [0.2, 0.25) is 5.02 Å². The number of hydrazone groups is 1. The van der Waals surface area contributed by atoms with Crippen molar-refractivity contribution in [3.8, 4) is 5.75 Å². The van der Waals surface area contributed by atoms with Crippen molar-refractivity contribution in [2.45, 2.75) is 26.2 Å². The number of nitrogens with zero attached hydrogens (tertiary/aromatic N) is 3. The summed E-state index contributed by atoms with van der Waals surface area (Å²) >= 11 is 5.77. The van der Waals surface area contributed by atoms with Gasteiger partial charge in [0.1, 0.15) is 0 Å². The van der Waals surface area contributed by atoms with E-state index in [1.165, 1.54) is 6.07 Å². The number of amides is 1. The Balaban J connectivity index is 2.15. The topological polar surface area (TPSA) is 134 Å². The van der Waals surface area contributed by atoms with Crippen LogP contribution in [0.4, 0.5) is 5.69 Å². The van der Waals surface area contributed by atoms with E-state index < -0.39 is 22.3 Å². The molecule has 0 aliphatic carbocycles. The number of nitro groups is 1. The predicted molar refractivity (Wildman–Crippen MR) is 92.1 cm³/mol. The maximum Gasteiger partial charge on any atom is 0.312 e. The largest absolute Gasteiger partial charge is 0.502 e. The van der Waals surface area contributed by atoms with Gasteiger partial charge in [-0.1, -0.05) is 32.4 Å². The smallest absolute Gasteiger partial charge is 0.312 e. The number of hydrogen-bond donors (Lipinski definition) is 3. The first-order chi connectivity index (χ1) is 11.6. The Labute approximate surface area is 147 Å². The van der Waals surface area contributed by atoms with E-state index in [0.717, 1.165) is 18.0 Å². The van der Waals surface area contributed by atoms with Crippen LogP contribution in [-0.2, 0) is 5.41 Å². The number of halogens is 1. The Hall–Kier alpha value is -2.94. The van der Waals surface area contributed by atoms with E-state index in [4.69, 9.17) is 11.6 Å². The highest BCUT2D eigenvalue weighted by Crippen LogP contribution is 2.32. The van der Waals surface area contributed by atoms with Gasteiger partial charge in [0.05, 0.1) is 11.1 Å². The van der Waals surface area contributed by atoms with Gasteiger partial charge < -0.3 is 5.11 Å². The van der Waals surface area contributed by atoms with Crippen molar-refractivity contribution in [1.29, 1.82) is 0 Å². The summed E-state index contributed by atoms with van der Waals surface area (Å²) in [5.74, 6) is -1.17. The number of carbonyl (C=O) groups is 1. The lowest BCUT2D eigenvalue weighted by Crippen LogP contribution is -2.18. The summed E-state index contributed by atoms with van der Waals surface area (Å²) in [4.78, 5) is 22.1. The van der Waals surface area contributed by atoms with Crippen molar-refractivity contribution in [3.63, 3.8) is 0 Å². The molecule has 0 saturated heterocycles. The van der Waals surface area contributed by atoms with Crippen LogP contribution in [0, 0.1) is 10.1 Å². The van der Waals surface area contributed by atoms with Gasteiger partial charge in [0.25, 0.3) is 5.91 Å². The first-order valence-corrected chi connectivity index (χ1v) is 7.53. The van der Waals surface area contributed by atoms with Crippen LogP contribution >= 0.6 is 11.6 Å². The zero-order valence-corrected chi connectivity index (χ0v) is 14.5. The first-order valence-electron chi connectivity index (χ1n) is 7.16. The lowest BCUT2D eigenvalue weighted by molar-refractivity contribution is -0.385. The van der Waals surface area contributed by atoms with E-state index in [1.807, 2.05) is 20.8 Å². The fraction of sp³-hybridized carbons (Fsp3) is 0.267. The molecule has 0 radical (unpaired) electrons. The van der Waals surface area contributed by atoms with Crippen LogP contribution in [0.25, 0.3) is 0 Å². The molecular weight excluding hydrogens is 350 g/mol.